The molecule has 0 bridgehead atoms. The summed E-state index contributed by atoms with van der Waals surface area (Å²) in [5.74, 6) is 0. The average Bonchev–Trinajstić information content (AvgIpc) is 3.55. The zero-order chi connectivity index (χ0) is 24.3. The molecule has 0 aromatic carbocycles. The molecule has 0 aliphatic carbocycles. The zero-order valence-electron chi connectivity index (χ0n) is 21.2. The summed E-state index contributed by atoms with van der Waals surface area (Å²) >= 11 is 0. The normalized spacial score (nSPS) is 10.8. The molecular formula is C21H42N12. The van der Waals surface area contributed by atoms with E-state index in [2.05, 4.69) is 49.0 Å². The van der Waals surface area contributed by atoms with Crippen LogP contribution in [0.1, 0.15) is 39.5 Å². The molecule has 12 heteroatoms. The Labute approximate surface area is 198 Å². The van der Waals surface area contributed by atoms with Crippen LogP contribution in [0.5, 0.6) is 0 Å². The summed E-state index contributed by atoms with van der Waals surface area (Å²) in [4.78, 5) is 18.1. The third-order valence-corrected chi connectivity index (χ3v) is 4.26. The first-order valence-electron chi connectivity index (χ1n) is 11.4. The van der Waals surface area contributed by atoms with Gasteiger partial charge in [-0.1, -0.05) is 26.7 Å². The van der Waals surface area contributed by atoms with Crippen LogP contribution >= 0.6 is 0 Å². The predicted octanol–water partition coefficient (Wildman–Crippen LogP) is 1.73. The summed E-state index contributed by atoms with van der Waals surface area (Å²) in [5.41, 5.74) is 0. The van der Waals surface area contributed by atoms with Crippen LogP contribution in [-0.4, -0.2) is 100 Å². The smallest absolute Gasteiger partial charge is 0.137 e. The maximum atomic E-state index is 4.14. The highest BCUT2D eigenvalue weighted by Crippen LogP contribution is 2.00. The van der Waals surface area contributed by atoms with E-state index in [4.69, 9.17) is 0 Å². The summed E-state index contributed by atoms with van der Waals surface area (Å²) in [6.07, 6.45) is 14.9. The zero-order valence-corrected chi connectivity index (χ0v) is 21.2. The topological polar surface area (TPSA) is 102 Å². The minimum absolute atomic E-state index is 0.792. The maximum Gasteiger partial charge on any atom is 0.137 e. The van der Waals surface area contributed by atoms with Crippen molar-refractivity contribution in [3.8, 4) is 0 Å². The molecule has 0 amide bonds. The number of hydrogen-bond donors (Lipinski definition) is 0. The Bertz CT molecular complexity index is 705. The number of nitrogens with zero attached hydrogens (tertiary/aromatic N) is 12. The fourth-order valence-electron chi connectivity index (χ4n) is 2.72. The van der Waals surface area contributed by atoms with Crippen LogP contribution in [0, 0.1) is 0 Å². The standard InChI is InChI=1S/C11H22N4.2C5H10N4/c1-3-5-7-14(8-6-4-2)11-15-10-12-9-13-15;2*1-8(2)5-9-4-6-3-7-9/h9-10H,3-8,11H2,1-2H3;2*3-4H,5H2,1-2H3. The molecule has 3 aromatic rings. The summed E-state index contributed by atoms with van der Waals surface area (Å²) in [5, 5.41) is 12.0. The number of hydrogen-bond acceptors (Lipinski definition) is 9. The third kappa shape index (κ3) is 14.9. The monoisotopic (exact) mass is 462 g/mol. The second-order valence-electron chi connectivity index (χ2n) is 8.21. The third-order valence-electron chi connectivity index (χ3n) is 4.26. The molecule has 3 aromatic heterocycles. The van der Waals surface area contributed by atoms with Gasteiger partial charge >= 0.3 is 0 Å². The van der Waals surface area contributed by atoms with Gasteiger partial charge in [-0.2, -0.15) is 15.3 Å². The van der Waals surface area contributed by atoms with E-state index in [9.17, 15) is 0 Å². The van der Waals surface area contributed by atoms with Gasteiger partial charge in [-0.15, -0.1) is 0 Å². The lowest BCUT2D eigenvalue weighted by Gasteiger charge is -2.21. The summed E-state index contributed by atoms with van der Waals surface area (Å²) in [6, 6.07) is 0. The first-order chi connectivity index (χ1) is 15.9. The lowest BCUT2D eigenvalue weighted by molar-refractivity contribution is 0.201. The van der Waals surface area contributed by atoms with Gasteiger partial charge in [0.1, 0.15) is 38.0 Å². The van der Waals surface area contributed by atoms with Crippen molar-refractivity contribution in [2.24, 2.45) is 0 Å². The van der Waals surface area contributed by atoms with Gasteiger partial charge in [0.25, 0.3) is 0 Å². The Hall–Kier alpha value is -2.70. The minimum atomic E-state index is 0.792. The fraction of sp³-hybridized carbons (Fsp3) is 0.714. The van der Waals surface area contributed by atoms with Crippen molar-refractivity contribution in [1.82, 2.24) is 59.0 Å². The SMILES string of the molecule is CCCCN(CCCC)Cn1cncn1.CN(C)Cn1cncn1.CN(C)Cn1cncn1. The van der Waals surface area contributed by atoms with Crippen LogP contribution in [0.25, 0.3) is 0 Å². The molecule has 3 rings (SSSR count). The van der Waals surface area contributed by atoms with Crippen LogP contribution < -0.4 is 0 Å². The van der Waals surface area contributed by atoms with Crippen LogP contribution in [0.15, 0.2) is 38.0 Å². The second kappa shape index (κ2) is 17.8. The fourth-order valence-corrected chi connectivity index (χ4v) is 2.72. The van der Waals surface area contributed by atoms with E-state index in [0.29, 0.717) is 0 Å². The molecule has 0 aliphatic rings. The number of rotatable bonds is 12. The molecule has 0 atom stereocenters. The van der Waals surface area contributed by atoms with Crippen molar-refractivity contribution in [1.29, 1.82) is 0 Å². The van der Waals surface area contributed by atoms with Crippen LogP contribution in [-0.2, 0) is 20.0 Å². The minimum Gasteiger partial charge on any atom is -0.291 e. The average molecular weight is 463 g/mol. The molecule has 3 heterocycles. The quantitative estimate of drug-likeness (QED) is 0.398. The van der Waals surface area contributed by atoms with Crippen LogP contribution in [0.2, 0.25) is 0 Å². The van der Waals surface area contributed by atoms with Gasteiger partial charge in [0.2, 0.25) is 0 Å². The lowest BCUT2D eigenvalue weighted by Crippen LogP contribution is -2.28. The Morgan fingerprint density at radius 1 is 0.576 bits per heavy atom. The van der Waals surface area contributed by atoms with E-state index in [-0.39, 0.29) is 0 Å². The van der Waals surface area contributed by atoms with Crippen LogP contribution in [0.3, 0.4) is 0 Å². The van der Waals surface area contributed by atoms with E-state index in [1.54, 1.807) is 34.7 Å². The number of unbranched alkanes of at least 4 members (excludes halogenated alkanes) is 2. The molecule has 0 fully saturated rings. The molecule has 0 unspecified atom stereocenters. The molecule has 0 spiro atoms. The Morgan fingerprint density at radius 2 is 0.939 bits per heavy atom. The molecular weight excluding hydrogens is 420 g/mol. The van der Waals surface area contributed by atoms with Gasteiger partial charge < -0.3 is 0 Å². The lowest BCUT2D eigenvalue weighted by atomic mass is 10.3. The molecule has 12 nitrogen and oxygen atoms in total. The Kier molecular flexibility index (Phi) is 15.3. The van der Waals surface area contributed by atoms with Gasteiger partial charge in [-0.05, 0) is 54.1 Å². The molecule has 0 saturated heterocycles. The van der Waals surface area contributed by atoms with Gasteiger partial charge in [-0.25, -0.2) is 29.0 Å². The van der Waals surface area contributed by atoms with Gasteiger partial charge in [0.15, 0.2) is 0 Å². The van der Waals surface area contributed by atoms with E-state index >= 15 is 0 Å². The van der Waals surface area contributed by atoms with E-state index < -0.39 is 0 Å². The van der Waals surface area contributed by atoms with Crippen molar-refractivity contribution in [3.63, 3.8) is 0 Å². The van der Waals surface area contributed by atoms with Gasteiger partial charge in [0, 0.05) is 0 Å². The van der Waals surface area contributed by atoms with E-state index in [1.807, 2.05) is 42.7 Å². The van der Waals surface area contributed by atoms with Crippen molar-refractivity contribution >= 4 is 0 Å². The summed E-state index contributed by atoms with van der Waals surface area (Å²) < 4.78 is 5.42. The van der Waals surface area contributed by atoms with E-state index in [0.717, 1.165) is 33.1 Å². The van der Waals surface area contributed by atoms with Crippen molar-refractivity contribution in [3.05, 3.63) is 38.0 Å². The van der Waals surface area contributed by atoms with E-state index in [1.165, 1.54) is 38.3 Å². The van der Waals surface area contributed by atoms with Crippen LogP contribution in [0.4, 0.5) is 0 Å². The van der Waals surface area contributed by atoms with Crippen molar-refractivity contribution < 1.29 is 0 Å². The first kappa shape index (κ1) is 28.3. The first-order valence-corrected chi connectivity index (χ1v) is 11.4. The second-order valence-corrected chi connectivity index (χ2v) is 8.21. The Morgan fingerprint density at radius 3 is 1.21 bits per heavy atom. The largest absolute Gasteiger partial charge is 0.291 e. The molecule has 0 N–H and O–H groups in total. The van der Waals surface area contributed by atoms with Crippen molar-refractivity contribution in [2.45, 2.75) is 59.5 Å². The molecule has 0 radical (unpaired) electrons. The Balaban J connectivity index is 0.000000261. The summed E-state index contributed by atoms with van der Waals surface area (Å²) in [7, 11) is 7.95. The maximum absolute atomic E-state index is 4.14. The summed E-state index contributed by atoms with van der Waals surface area (Å²) in [6.45, 7) is 9.24. The highest BCUT2D eigenvalue weighted by atomic mass is 15.4. The molecule has 0 aliphatic heterocycles. The highest BCUT2D eigenvalue weighted by molar-refractivity contribution is 4.59. The number of aromatic nitrogens is 9. The predicted molar refractivity (Wildman–Crippen MR) is 129 cm³/mol. The molecule has 33 heavy (non-hydrogen) atoms. The molecule has 0 saturated carbocycles. The molecule has 186 valence electrons. The van der Waals surface area contributed by atoms with Gasteiger partial charge in [-0.3, -0.25) is 14.7 Å². The highest BCUT2D eigenvalue weighted by Gasteiger charge is 2.04. The van der Waals surface area contributed by atoms with Crippen molar-refractivity contribution in [2.75, 3.05) is 41.3 Å². The van der Waals surface area contributed by atoms with Gasteiger partial charge in [0.05, 0.1) is 20.0 Å².